The third-order valence-corrected chi connectivity index (χ3v) is 3.42. The predicted octanol–water partition coefficient (Wildman–Crippen LogP) is 0.702. The fraction of sp³-hybridized carbons (Fsp3) is 0.0714. The largest absolute Gasteiger partial charge is 0.464 e. The second kappa shape index (κ2) is 5.50. The molecule has 0 unspecified atom stereocenters. The third kappa shape index (κ3) is 2.35. The molecule has 0 saturated heterocycles. The van der Waals surface area contributed by atoms with Gasteiger partial charge in [0.1, 0.15) is 11.4 Å². The highest BCUT2D eigenvalue weighted by atomic mass is 16.6. The summed E-state index contributed by atoms with van der Waals surface area (Å²) in [5.41, 5.74) is -1.76. The summed E-state index contributed by atoms with van der Waals surface area (Å²) in [6.45, 7) is 0. The Morgan fingerprint density at radius 2 is 1.83 bits per heavy atom. The van der Waals surface area contributed by atoms with Crippen molar-refractivity contribution in [3.63, 3.8) is 0 Å². The number of carbonyl (C=O) groups excluding carboxylic acids is 1. The van der Waals surface area contributed by atoms with Gasteiger partial charge >= 0.3 is 17.1 Å². The molecule has 2 N–H and O–H groups in total. The van der Waals surface area contributed by atoms with E-state index in [0.29, 0.717) is 0 Å². The van der Waals surface area contributed by atoms with Crippen LogP contribution in [0.25, 0.3) is 16.7 Å². The average Bonchev–Trinajstić information content (AvgIpc) is 3.03. The van der Waals surface area contributed by atoms with E-state index in [1.54, 1.807) is 0 Å². The zero-order valence-corrected chi connectivity index (χ0v) is 12.2. The molecule has 2 aromatic heterocycles. The number of nitro groups is 1. The van der Waals surface area contributed by atoms with Crippen molar-refractivity contribution >= 4 is 22.7 Å². The van der Waals surface area contributed by atoms with E-state index in [0.717, 1.165) is 6.07 Å². The molecule has 0 atom stereocenters. The van der Waals surface area contributed by atoms with Crippen LogP contribution in [-0.4, -0.2) is 32.5 Å². The van der Waals surface area contributed by atoms with Crippen LogP contribution in [0.1, 0.15) is 10.5 Å². The molecular formula is C14H10N4O6. The van der Waals surface area contributed by atoms with E-state index in [1.807, 2.05) is 0 Å². The van der Waals surface area contributed by atoms with Crippen LogP contribution < -0.4 is 11.1 Å². The fourth-order valence-corrected chi connectivity index (χ4v) is 2.34. The highest BCUT2D eigenvalue weighted by Gasteiger charge is 2.22. The molecule has 1 aromatic carbocycles. The van der Waals surface area contributed by atoms with Crippen LogP contribution in [0.2, 0.25) is 0 Å². The van der Waals surface area contributed by atoms with Crippen LogP contribution >= 0.6 is 0 Å². The van der Waals surface area contributed by atoms with Crippen LogP contribution in [-0.2, 0) is 4.74 Å². The molecular weight excluding hydrogens is 320 g/mol. The number of nitrogens with one attached hydrogen (secondary N) is 2. The van der Waals surface area contributed by atoms with Gasteiger partial charge in [-0.1, -0.05) is 0 Å². The maximum absolute atomic E-state index is 11.8. The zero-order valence-electron chi connectivity index (χ0n) is 12.2. The molecule has 3 aromatic rings. The highest BCUT2D eigenvalue weighted by Crippen LogP contribution is 2.28. The lowest BCUT2D eigenvalue weighted by Gasteiger charge is -2.09. The number of hydrogen-bond acceptors (Lipinski definition) is 6. The molecule has 0 aliphatic rings. The summed E-state index contributed by atoms with van der Waals surface area (Å²) < 4.78 is 5.92. The number of H-pyrrole nitrogens is 2. The SMILES string of the molecule is COC(=O)c1cccn1-c1cc2[nH]c(=O)c(=O)[nH]c2cc1[N+](=O)[O-]. The van der Waals surface area contributed by atoms with Crippen LogP contribution in [0.3, 0.4) is 0 Å². The van der Waals surface area contributed by atoms with Crippen LogP contribution in [0.15, 0.2) is 40.1 Å². The summed E-state index contributed by atoms with van der Waals surface area (Å²) in [7, 11) is 1.19. The molecule has 0 fully saturated rings. The Morgan fingerprint density at radius 3 is 2.42 bits per heavy atom. The van der Waals surface area contributed by atoms with E-state index in [2.05, 4.69) is 14.7 Å². The minimum absolute atomic E-state index is 0.0422. The van der Waals surface area contributed by atoms with E-state index in [1.165, 1.54) is 36.1 Å². The maximum Gasteiger partial charge on any atom is 0.355 e. The molecule has 0 bridgehead atoms. The van der Waals surface area contributed by atoms with E-state index in [-0.39, 0.29) is 28.1 Å². The van der Waals surface area contributed by atoms with Crippen molar-refractivity contribution in [1.82, 2.24) is 14.5 Å². The Morgan fingerprint density at radius 1 is 1.21 bits per heavy atom. The van der Waals surface area contributed by atoms with Crippen molar-refractivity contribution in [3.8, 4) is 5.69 Å². The number of methoxy groups -OCH3 is 1. The number of nitrogens with zero attached hydrogens (tertiary/aromatic N) is 2. The lowest BCUT2D eigenvalue weighted by molar-refractivity contribution is -0.384. The van der Waals surface area contributed by atoms with Gasteiger partial charge in [-0.25, -0.2) is 4.79 Å². The van der Waals surface area contributed by atoms with Gasteiger partial charge in [0, 0.05) is 12.3 Å². The van der Waals surface area contributed by atoms with Gasteiger partial charge in [-0.3, -0.25) is 19.7 Å². The highest BCUT2D eigenvalue weighted by molar-refractivity contribution is 5.89. The van der Waals surface area contributed by atoms with Crippen molar-refractivity contribution in [1.29, 1.82) is 0 Å². The summed E-state index contributed by atoms with van der Waals surface area (Å²) in [4.78, 5) is 50.0. The molecule has 24 heavy (non-hydrogen) atoms. The maximum atomic E-state index is 11.8. The Hall–Kier alpha value is -3.69. The monoisotopic (exact) mass is 330 g/mol. The van der Waals surface area contributed by atoms with Gasteiger partial charge in [0.2, 0.25) is 0 Å². The first-order valence-corrected chi connectivity index (χ1v) is 6.63. The molecule has 3 rings (SSSR count). The first-order valence-electron chi connectivity index (χ1n) is 6.63. The summed E-state index contributed by atoms with van der Waals surface area (Å²) in [6.07, 6.45) is 1.45. The number of hydrogen-bond donors (Lipinski definition) is 2. The van der Waals surface area contributed by atoms with Crippen molar-refractivity contribution < 1.29 is 14.5 Å². The van der Waals surface area contributed by atoms with Gasteiger partial charge in [0.15, 0.2) is 0 Å². The quantitative estimate of drug-likeness (QED) is 0.313. The lowest BCUT2D eigenvalue weighted by Crippen LogP contribution is -2.29. The fourth-order valence-electron chi connectivity index (χ4n) is 2.34. The molecule has 0 spiro atoms. The van der Waals surface area contributed by atoms with Gasteiger partial charge in [0.05, 0.1) is 23.1 Å². The number of esters is 1. The van der Waals surface area contributed by atoms with Crippen molar-refractivity contribution in [2.24, 2.45) is 0 Å². The molecule has 0 amide bonds. The van der Waals surface area contributed by atoms with Crippen molar-refractivity contribution in [2.75, 3.05) is 7.11 Å². The smallest absolute Gasteiger partial charge is 0.355 e. The minimum atomic E-state index is -0.916. The molecule has 0 aliphatic carbocycles. The molecule has 0 aliphatic heterocycles. The predicted molar refractivity (Wildman–Crippen MR) is 82.5 cm³/mol. The Kier molecular flexibility index (Phi) is 3.49. The molecule has 0 radical (unpaired) electrons. The summed E-state index contributed by atoms with van der Waals surface area (Å²) in [6, 6.07) is 5.38. The van der Waals surface area contributed by atoms with E-state index < -0.39 is 22.0 Å². The number of ether oxygens (including phenoxy) is 1. The lowest BCUT2D eigenvalue weighted by atomic mass is 10.2. The topological polar surface area (TPSA) is 140 Å². The number of aromatic nitrogens is 3. The number of rotatable bonds is 3. The van der Waals surface area contributed by atoms with Gasteiger partial charge < -0.3 is 19.3 Å². The van der Waals surface area contributed by atoms with Gasteiger partial charge in [-0.15, -0.1) is 0 Å². The normalized spacial score (nSPS) is 10.7. The Labute approximate surface area is 132 Å². The van der Waals surface area contributed by atoms with E-state index >= 15 is 0 Å². The van der Waals surface area contributed by atoms with Gasteiger partial charge in [-0.05, 0) is 18.2 Å². The van der Waals surface area contributed by atoms with Crippen LogP contribution in [0, 0.1) is 10.1 Å². The molecule has 122 valence electrons. The van der Waals surface area contributed by atoms with Crippen molar-refractivity contribution in [3.05, 3.63) is 67.0 Å². The second-order valence-electron chi connectivity index (χ2n) is 4.81. The van der Waals surface area contributed by atoms with Crippen molar-refractivity contribution in [2.45, 2.75) is 0 Å². The molecule has 2 heterocycles. The number of benzene rings is 1. The van der Waals surface area contributed by atoms with Crippen LogP contribution in [0.5, 0.6) is 0 Å². The minimum Gasteiger partial charge on any atom is -0.464 e. The summed E-state index contributed by atoms with van der Waals surface area (Å²) >= 11 is 0. The van der Waals surface area contributed by atoms with Crippen LogP contribution in [0.4, 0.5) is 5.69 Å². The Bertz CT molecular complexity index is 1090. The summed E-state index contributed by atoms with van der Waals surface area (Å²) in [5.74, 6) is -0.677. The number of nitro benzene ring substituents is 1. The third-order valence-electron chi connectivity index (χ3n) is 3.42. The standard InChI is InChI=1S/C14H10N4O6/c1-24-14(21)9-3-2-4-17(9)10-5-7-8(6-11(10)18(22)23)16-13(20)12(19)15-7/h2-6H,1H3,(H,15,19)(H,16,20). The van der Waals surface area contributed by atoms with E-state index in [9.17, 15) is 24.5 Å². The summed E-state index contributed by atoms with van der Waals surface area (Å²) in [5, 5.41) is 11.4. The van der Waals surface area contributed by atoms with Gasteiger partial charge in [0.25, 0.3) is 5.69 Å². The van der Waals surface area contributed by atoms with Gasteiger partial charge in [-0.2, -0.15) is 0 Å². The molecule has 10 nitrogen and oxygen atoms in total. The zero-order chi connectivity index (χ0) is 17.4. The number of fused-ring (bicyclic) bond motifs is 1. The number of aromatic amines is 2. The first-order chi connectivity index (χ1) is 11.4. The second-order valence-corrected chi connectivity index (χ2v) is 4.81. The Balaban J connectivity index is 2.37. The molecule has 10 heteroatoms. The number of carbonyl (C=O) groups is 1. The average molecular weight is 330 g/mol. The van der Waals surface area contributed by atoms with E-state index in [4.69, 9.17) is 0 Å². The first kappa shape index (κ1) is 15.2. The molecule has 0 saturated carbocycles.